The van der Waals surface area contributed by atoms with Crippen LogP contribution in [0.1, 0.15) is 5.56 Å². The largest absolute Gasteiger partial charge is 0.497 e. The molecule has 0 aromatic heterocycles. The molecular formula is C26H26F3N3O4S. The number of carbonyl (C=O) groups excluding carboxylic acids is 1. The van der Waals surface area contributed by atoms with Gasteiger partial charge < -0.3 is 14.5 Å². The van der Waals surface area contributed by atoms with E-state index >= 15 is 0 Å². The first-order chi connectivity index (χ1) is 17.6. The zero-order valence-electron chi connectivity index (χ0n) is 20.1. The minimum Gasteiger partial charge on any atom is -0.497 e. The second-order valence-electron chi connectivity index (χ2n) is 8.44. The summed E-state index contributed by atoms with van der Waals surface area (Å²) in [6, 6.07) is 19.3. The number of alkyl halides is 3. The van der Waals surface area contributed by atoms with Gasteiger partial charge in [-0.1, -0.05) is 24.3 Å². The molecule has 1 fully saturated rings. The van der Waals surface area contributed by atoms with Crippen LogP contribution in [-0.2, 0) is 21.0 Å². The predicted octanol–water partition coefficient (Wildman–Crippen LogP) is 4.26. The van der Waals surface area contributed by atoms with Gasteiger partial charge in [0.1, 0.15) is 12.3 Å². The van der Waals surface area contributed by atoms with Gasteiger partial charge in [0.25, 0.3) is 10.0 Å². The third-order valence-electron chi connectivity index (χ3n) is 6.14. The molecule has 3 aromatic rings. The third kappa shape index (κ3) is 5.99. The molecule has 1 heterocycles. The Hall–Kier alpha value is -3.73. The Labute approximate surface area is 213 Å². The van der Waals surface area contributed by atoms with Crippen molar-refractivity contribution in [3.63, 3.8) is 0 Å². The summed E-state index contributed by atoms with van der Waals surface area (Å²) >= 11 is 0. The molecule has 0 bridgehead atoms. The summed E-state index contributed by atoms with van der Waals surface area (Å²) in [6.45, 7) is 0.732. The lowest BCUT2D eigenvalue weighted by molar-refractivity contribution is -0.137. The van der Waals surface area contributed by atoms with E-state index < -0.39 is 34.2 Å². The van der Waals surface area contributed by atoms with Crippen LogP contribution in [0.2, 0.25) is 0 Å². The molecule has 0 atom stereocenters. The number of ether oxygens (including phenoxy) is 1. The zero-order chi connectivity index (χ0) is 26.6. The number of hydrogen-bond donors (Lipinski definition) is 0. The summed E-state index contributed by atoms with van der Waals surface area (Å²) in [5.41, 5.74) is 0.0370. The highest BCUT2D eigenvalue weighted by Crippen LogP contribution is 2.32. The Balaban J connectivity index is 1.49. The van der Waals surface area contributed by atoms with Gasteiger partial charge in [-0.25, -0.2) is 8.42 Å². The number of anilines is 2. The zero-order valence-corrected chi connectivity index (χ0v) is 20.9. The molecule has 0 spiro atoms. The summed E-state index contributed by atoms with van der Waals surface area (Å²) in [7, 11) is -2.59. The molecule has 1 aliphatic rings. The molecule has 1 amide bonds. The highest BCUT2D eigenvalue weighted by Gasteiger charge is 2.32. The fourth-order valence-electron chi connectivity index (χ4n) is 4.10. The van der Waals surface area contributed by atoms with Crippen molar-refractivity contribution in [2.75, 3.05) is 49.0 Å². The number of hydrogen-bond acceptors (Lipinski definition) is 5. The maximum atomic E-state index is 13.5. The van der Waals surface area contributed by atoms with Crippen LogP contribution in [-0.4, -0.2) is 59.1 Å². The SMILES string of the molecule is COc1ccc(S(=O)(=O)N(CC(=O)N2CCN(c3cccc(C(F)(F)F)c3)CC2)c2ccccc2)cc1. The average molecular weight is 534 g/mol. The van der Waals surface area contributed by atoms with E-state index in [0.29, 0.717) is 30.2 Å². The minimum absolute atomic E-state index is 0.0133. The van der Waals surface area contributed by atoms with E-state index in [9.17, 15) is 26.4 Å². The number of amides is 1. The number of para-hydroxylation sites is 1. The quantitative estimate of drug-likeness (QED) is 0.454. The van der Waals surface area contributed by atoms with Gasteiger partial charge in [0.15, 0.2) is 0 Å². The number of sulfonamides is 1. The normalized spacial score (nSPS) is 14.4. The molecule has 196 valence electrons. The number of nitrogens with zero attached hydrogens (tertiary/aromatic N) is 3. The lowest BCUT2D eigenvalue weighted by Gasteiger charge is -2.37. The van der Waals surface area contributed by atoms with Crippen LogP contribution in [0.4, 0.5) is 24.5 Å². The monoisotopic (exact) mass is 533 g/mol. The van der Waals surface area contributed by atoms with Crippen LogP contribution in [0.15, 0.2) is 83.8 Å². The minimum atomic E-state index is -4.44. The fourth-order valence-corrected chi connectivity index (χ4v) is 5.51. The maximum absolute atomic E-state index is 13.5. The lowest BCUT2D eigenvalue weighted by atomic mass is 10.1. The second kappa shape index (κ2) is 10.7. The van der Waals surface area contributed by atoms with Gasteiger partial charge in [0, 0.05) is 31.9 Å². The molecule has 0 radical (unpaired) electrons. The molecule has 1 aliphatic heterocycles. The highest BCUT2D eigenvalue weighted by atomic mass is 32.2. The Bertz CT molecular complexity index is 1330. The van der Waals surface area contributed by atoms with Gasteiger partial charge in [-0.05, 0) is 54.6 Å². The van der Waals surface area contributed by atoms with Gasteiger partial charge in [0.05, 0.1) is 23.3 Å². The van der Waals surface area contributed by atoms with E-state index in [2.05, 4.69) is 0 Å². The van der Waals surface area contributed by atoms with Gasteiger partial charge in [0.2, 0.25) is 5.91 Å². The first kappa shape index (κ1) is 26.3. The van der Waals surface area contributed by atoms with E-state index in [0.717, 1.165) is 16.4 Å². The van der Waals surface area contributed by atoms with Gasteiger partial charge in [-0.15, -0.1) is 0 Å². The van der Waals surface area contributed by atoms with Gasteiger partial charge >= 0.3 is 6.18 Å². The van der Waals surface area contributed by atoms with Crippen LogP contribution in [0.5, 0.6) is 5.75 Å². The summed E-state index contributed by atoms with van der Waals surface area (Å²) in [4.78, 5) is 16.5. The van der Waals surface area contributed by atoms with Crippen molar-refractivity contribution in [1.82, 2.24) is 4.90 Å². The number of methoxy groups -OCH3 is 1. The smallest absolute Gasteiger partial charge is 0.416 e. The third-order valence-corrected chi connectivity index (χ3v) is 7.93. The van der Waals surface area contributed by atoms with Crippen LogP contribution >= 0.6 is 0 Å². The van der Waals surface area contributed by atoms with E-state index in [1.54, 1.807) is 41.3 Å². The predicted molar refractivity (Wildman–Crippen MR) is 134 cm³/mol. The Morgan fingerprint density at radius 2 is 1.57 bits per heavy atom. The number of carbonyl (C=O) groups is 1. The number of benzene rings is 3. The summed E-state index contributed by atoms with van der Waals surface area (Å²) in [5, 5.41) is 0. The second-order valence-corrected chi connectivity index (χ2v) is 10.3. The van der Waals surface area contributed by atoms with E-state index in [1.165, 1.54) is 42.3 Å². The van der Waals surface area contributed by atoms with Crippen molar-refractivity contribution in [2.24, 2.45) is 0 Å². The summed E-state index contributed by atoms with van der Waals surface area (Å²) in [6.07, 6.45) is -4.44. The molecule has 0 N–H and O–H groups in total. The molecule has 0 unspecified atom stereocenters. The van der Waals surface area contributed by atoms with Crippen molar-refractivity contribution >= 4 is 27.3 Å². The molecule has 3 aromatic carbocycles. The first-order valence-electron chi connectivity index (χ1n) is 11.5. The number of piperazine rings is 1. The molecule has 7 nitrogen and oxygen atoms in total. The summed E-state index contributed by atoms with van der Waals surface area (Å²) < 4.78 is 72.5. The molecule has 37 heavy (non-hydrogen) atoms. The van der Waals surface area contributed by atoms with Crippen LogP contribution in [0.25, 0.3) is 0 Å². The highest BCUT2D eigenvalue weighted by molar-refractivity contribution is 7.92. The average Bonchev–Trinajstić information content (AvgIpc) is 2.91. The molecule has 0 aliphatic carbocycles. The molecule has 11 heteroatoms. The van der Waals surface area contributed by atoms with Gasteiger partial charge in [-0.2, -0.15) is 13.2 Å². The van der Waals surface area contributed by atoms with Gasteiger partial charge in [-0.3, -0.25) is 9.10 Å². The fraction of sp³-hybridized carbons (Fsp3) is 0.269. The lowest BCUT2D eigenvalue weighted by Crippen LogP contribution is -2.52. The Morgan fingerprint density at radius 1 is 0.919 bits per heavy atom. The van der Waals surface area contributed by atoms with E-state index in [-0.39, 0.29) is 18.0 Å². The van der Waals surface area contributed by atoms with E-state index in [4.69, 9.17) is 4.74 Å². The van der Waals surface area contributed by atoms with Crippen molar-refractivity contribution in [2.45, 2.75) is 11.1 Å². The Morgan fingerprint density at radius 3 is 2.16 bits per heavy atom. The van der Waals surface area contributed by atoms with E-state index in [1.807, 2.05) is 0 Å². The standard InChI is InChI=1S/C26H26F3N3O4S/c1-36-23-10-12-24(13-11-23)37(34,35)32(21-7-3-2-4-8-21)19-25(33)31-16-14-30(15-17-31)22-9-5-6-20(18-22)26(27,28)29/h2-13,18H,14-17,19H2,1H3. The molecule has 0 saturated carbocycles. The first-order valence-corrected chi connectivity index (χ1v) is 13.0. The topological polar surface area (TPSA) is 70.2 Å². The van der Waals surface area contributed by atoms with Crippen molar-refractivity contribution < 1.29 is 31.1 Å². The van der Waals surface area contributed by atoms with Crippen LogP contribution < -0.4 is 13.9 Å². The number of halogens is 3. The molecule has 4 rings (SSSR count). The maximum Gasteiger partial charge on any atom is 0.416 e. The summed E-state index contributed by atoms with van der Waals surface area (Å²) in [5.74, 6) is 0.101. The van der Waals surface area contributed by atoms with Crippen molar-refractivity contribution in [1.29, 1.82) is 0 Å². The van der Waals surface area contributed by atoms with Crippen LogP contribution in [0, 0.1) is 0 Å². The van der Waals surface area contributed by atoms with Crippen LogP contribution in [0.3, 0.4) is 0 Å². The number of rotatable bonds is 7. The molecular weight excluding hydrogens is 507 g/mol. The Kier molecular flexibility index (Phi) is 7.63. The molecule has 1 saturated heterocycles. The van der Waals surface area contributed by atoms with Crippen molar-refractivity contribution in [3.8, 4) is 5.75 Å². The van der Waals surface area contributed by atoms with Crippen molar-refractivity contribution in [3.05, 3.63) is 84.4 Å².